The average Bonchev–Trinajstić information content (AvgIpc) is 2.70. The SMILES string of the molecule is CCN(CC)Cc1ccccc1CNC(=O)CCC(=O)c1ccccc1. The van der Waals surface area contributed by atoms with E-state index in [2.05, 4.69) is 30.1 Å². The Hall–Kier alpha value is -2.46. The third-order valence-electron chi connectivity index (χ3n) is 4.56. The van der Waals surface area contributed by atoms with Gasteiger partial charge in [-0.15, -0.1) is 0 Å². The lowest BCUT2D eigenvalue weighted by Gasteiger charge is -2.20. The van der Waals surface area contributed by atoms with Gasteiger partial charge in [0, 0.05) is 31.5 Å². The lowest BCUT2D eigenvalue weighted by atomic mass is 10.1. The second-order valence-corrected chi connectivity index (χ2v) is 6.30. The van der Waals surface area contributed by atoms with Gasteiger partial charge in [-0.1, -0.05) is 68.4 Å². The minimum Gasteiger partial charge on any atom is -0.352 e. The molecule has 0 radical (unpaired) electrons. The first-order chi connectivity index (χ1) is 12.6. The number of amides is 1. The summed E-state index contributed by atoms with van der Waals surface area (Å²) in [6.45, 7) is 7.67. The van der Waals surface area contributed by atoms with Crippen molar-refractivity contribution in [2.75, 3.05) is 13.1 Å². The normalized spacial score (nSPS) is 10.7. The minimum absolute atomic E-state index is 0.00248. The standard InChI is InChI=1S/C22H28N2O2/c1-3-24(4-2)17-20-13-9-8-12-19(20)16-23-22(26)15-14-21(25)18-10-6-5-7-11-18/h5-13H,3-4,14-17H2,1-2H3,(H,23,26). The summed E-state index contributed by atoms with van der Waals surface area (Å²) in [4.78, 5) is 26.6. The van der Waals surface area contributed by atoms with Gasteiger partial charge in [-0.2, -0.15) is 0 Å². The Bertz CT molecular complexity index is 709. The van der Waals surface area contributed by atoms with Crippen LogP contribution < -0.4 is 5.32 Å². The van der Waals surface area contributed by atoms with Crippen molar-refractivity contribution in [3.8, 4) is 0 Å². The van der Waals surface area contributed by atoms with E-state index in [9.17, 15) is 9.59 Å². The van der Waals surface area contributed by atoms with Gasteiger partial charge in [0.05, 0.1) is 0 Å². The third-order valence-corrected chi connectivity index (χ3v) is 4.56. The maximum atomic E-state index is 12.1. The molecular weight excluding hydrogens is 324 g/mol. The van der Waals surface area contributed by atoms with Gasteiger partial charge in [0.1, 0.15) is 0 Å². The largest absolute Gasteiger partial charge is 0.352 e. The van der Waals surface area contributed by atoms with Crippen LogP contribution in [0.1, 0.15) is 48.2 Å². The molecule has 138 valence electrons. The zero-order valence-electron chi connectivity index (χ0n) is 15.7. The van der Waals surface area contributed by atoms with Gasteiger partial charge in [-0.25, -0.2) is 0 Å². The Kier molecular flexibility index (Phi) is 8.03. The van der Waals surface area contributed by atoms with Crippen LogP contribution in [0.2, 0.25) is 0 Å². The first kappa shape index (κ1) is 19.9. The van der Waals surface area contributed by atoms with Crippen LogP contribution >= 0.6 is 0 Å². The highest BCUT2D eigenvalue weighted by atomic mass is 16.2. The van der Waals surface area contributed by atoms with Crippen LogP contribution in [0.5, 0.6) is 0 Å². The summed E-state index contributed by atoms with van der Waals surface area (Å²) >= 11 is 0. The quantitative estimate of drug-likeness (QED) is 0.662. The molecule has 2 aromatic carbocycles. The van der Waals surface area contributed by atoms with Gasteiger partial charge in [0.25, 0.3) is 0 Å². The van der Waals surface area contributed by atoms with Crippen LogP contribution in [0.25, 0.3) is 0 Å². The molecule has 4 nitrogen and oxygen atoms in total. The summed E-state index contributed by atoms with van der Waals surface area (Å²) in [5, 5.41) is 2.95. The molecule has 0 saturated carbocycles. The van der Waals surface area contributed by atoms with E-state index < -0.39 is 0 Å². The van der Waals surface area contributed by atoms with Crippen LogP contribution in [-0.2, 0) is 17.9 Å². The molecule has 26 heavy (non-hydrogen) atoms. The fourth-order valence-corrected chi connectivity index (χ4v) is 2.85. The Balaban J connectivity index is 1.84. The van der Waals surface area contributed by atoms with Crippen LogP contribution in [0.3, 0.4) is 0 Å². The van der Waals surface area contributed by atoms with Crippen molar-refractivity contribution in [1.82, 2.24) is 10.2 Å². The fourth-order valence-electron chi connectivity index (χ4n) is 2.85. The van der Waals surface area contributed by atoms with E-state index in [1.165, 1.54) is 5.56 Å². The van der Waals surface area contributed by atoms with E-state index in [-0.39, 0.29) is 24.5 Å². The van der Waals surface area contributed by atoms with E-state index in [1.54, 1.807) is 12.1 Å². The number of Topliss-reactive ketones (excluding diaryl/α,β-unsaturated/α-hetero) is 1. The fraction of sp³-hybridized carbons (Fsp3) is 0.364. The minimum atomic E-state index is -0.0908. The Morgan fingerprint density at radius 2 is 1.46 bits per heavy atom. The summed E-state index contributed by atoms with van der Waals surface area (Å²) < 4.78 is 0. The van der Waals surface area contributed by atoms with E-state index in [0.29, 0.717) is 12.1 Å². The Morgan fingerprint density at radius 3 is 2.12 bits per heavy atom. The van der Waals surface area contributed by atoms with Gasteiger partial charge >= 0.3 is 0 Å². The van der Waals surface area contributed by atoms with Crippen molar-refractivity contribution in [3.05, 3.63) is 71.3 Å². The van der Waals surface area contributed by atoms with Crippen LogP contribution in [0.4, 0.5) is 0 Å². The second-order valence-electron chi connectivity index (χ2n) is 6.30. The molecule has 2 aromatic rings. The molecule has 0 fully saturated rings. The van der Waals surface area contributed by atoms with Gasteiger partial charge < -0.3 is 5.32 Å². The Morgan fingerprint density at radius 1 is 0.846 bits per heavy atom. The van der Waals surface area contributed by atoms with E-state index in [1.807, 2.05) is 36.4 Å². The molecule has 0 aromatic heterocycles. The zero-order chi connectivity index (χ0) is 18.8. The monoisotopic (exact) mass is 352 g/mol. The van der Waals surface area contributed by atoms with Crippen molar-refractivity contribution in [3.63, 3.8) is 0 Å². The summed E-state index contributed by atoms with van der Waals surface area (Å²) in [6, 6.07) is 17.3. The second kappa shape index (κ2) is 10.5. The molecule has 0 saturated heterocycles. The van der Waals surface area contributed by atoms with Gasteiger partial charge in [-0.05, 0) is 24.2 Å². The maximum Gasteiger partial charge on any atom is 0.220 e. The zero-order valence-corrected chi connectivity index (χ0v) is 15.7. The summed E-state index contributed by atoms with van der Waals surface area (Å²) in [5.74, 6) is -0.0883. The molecule has 2 rings (SSSR count). The maximum absolute atomic E-state index is 12.1. The molecule has 0 bridgehead atoms. The lowest BCUT2D eigenvalue weighted by Crippen LogP contribution is -2.26. The molecule has 1 N–H and O–H groups in total. The number of rotatable bonds is 10. The summed E-state index contributed by atoms with van der Waals surface area (Å²) in [6.07, 6.45) is 0.447. The van der Waals surface area contributed by atoms with Crippen LogP contribution in [-0.4, -0.2) is 29.7 Å². The smallest absolute Gasteiger partial charge is 0.220 e. The highest BCUT2D eigenvalue weighted by molar-refractivity contribution is 5.97. The van der Waals surface area contributed by atoms with Crippen molar-refractivity contribution >= 4 is 11.7 Å². The number of ketones is 1. The van der Waals surface area contributed by atoms with Crippen LogP contribution in [0.15, 0.2) is 54.6 Å². The van der Waals surface area contributed by atoms with Gasteiger partial charge in [0.2, 0.25) is 5.91 Å². The highest BCUT2D eigenvalue weighted by Gasteiger charge is 2.10. The number of nitrogens with one attached hydrogen (secondary N) is 1. The van der Waals surface area contributed by atoms with Crippen LogP contribution in [0, 0.1) is 0 Å². The molecule has 4 heteroatoms. The summed E-state index contributed by atoms with van der Waals surface area (Å²) in [7, 11) is 0. The molecule has 0 aliphatic heterocycles. The summed E-state index contributed by atoms with van der Waals surface area (Å²) in [5.41, 5.74) is 3.02. The molecule has 0 aliphatic carbocycles. The molecule has 0 heterocycles. The van der Waals surface area contributed by atoms with Crippen molar-refractivity contribution in [2.45, 2.75) is 39.8 Å². The van der Waals surface area contributed by atoms with E-state index in [0.717, 1.165) is 25.2 Å². The lowest BCUT2D eigenvalue weighted by molar-refractivity contribution is -0.121. The number of hydrogen-bond acceptors (Lipinski definition) is 3. The predicted molar refractivity (Wildman–Crippen MR) is 105 cm³/mol. The predicted octanol–water partition coefficient (Wildman–Crippen LogP) is 3.81. The average molecular weight is 352 g/mol. The van der Waals surface area contributed by atoms with Crippen molar-refractivity contribution in [2.24, 2.45) is 0 Å². The highest BCUT2D eigenvalue weighted by Crippen LogP contribution is 2.12. The number of carbonyl (C=O) groups excluding carboxylic acids is 2. The topological polar surface area (TPSA) is 49.4 Å². The van der Waals surface area contributed by atoms with Crippen molar-refractivity contribution < 1.29 is 9.59 Å². The number of hydrogen-bond donors (Lipinski definition) is 1. The van der Waals surface area contributed by atoms with Gasteiger partial charge in [0.15, 0.2) is 5.78 Å². The molecular formula is C22H28N2O2. The number of benzene rings is 2. The first-order valence-corrected chi connectivity index (χ1v) is 9.28. The number of nitrogens with zero attached hydrogens (tertiary/aromatic N) is 1. The molecule has 0 aliphatic rings. The first-order valence-electron chi connectivity index (χ1n) is 9.28. The number of carbonyl (C=O) groups is 2. The Labute approximate surface area is 156 Å². The third kappa shape index (κ3) is 6.12. The molecule has 1 amide bonds. The van der Waals surface area contributed by atoms with E-state index in [4.69, 9.17) is 0 Å². The molecule has 0 atom stereocenters. The van der Waals surface area contributed by atoms with Gasteiger partial charge in [-0.3, -0.25) is 14.5 Å². The van der Waals surface area contributed by atoms with Crippen molar-refractivity contribution in [1.29, 1.82) is 0 Å². The molecule has 0 unspecified atom stereocenters. The molecule has 0 spiro atoms. The van der Waals surface area contributed by atoms with E-state index >= 15 is 0 Å².